The molecule has 3 rings (SSSR count). The summed E-state index contributed by atoms with van der Waals surface area (Å²) in [4.78, 5) is 4.28. The van der Waals surface area contributed by atoms with Crippen LogP contribution >= 0.6 is 0 Å². The first-order valence-corrected chi connectivity index (χ1v) is 9.24. The fourth-order valence-electron chi connectivity index (χ4n) is 2.71. The van der Waals surface area contributed by atoms with E-state index in [4.69, 9.17) is 9.47 Å². The zero-order chi connectivity index (χ0) is 17.0. The van der Waals surface area contributed by atoms with Gasteiger partial charge >= 0.3 is 0 Å². The van der Waals surface area contributed by atoms with Crippen LogP contribution in [0.3, 0.4) is 0 Å². The Labute approximate surface area is 142 Å². The van der Waals surface area contributed by atoms with E-state index in [1.165, 1.54) is 11.4 Å². The molecule has 1 aliphatic rings. The molecule has 1 aromatic carbocycles. The van der Waals surface area contributed by atoms with Gasteiger partial charge in [-0.15, -0.1) is 0 Å². The first-order valence-electron chi connectivity index (χ1n) is 7.80. The maximum atomic E-state index is 12.7. The summed E-state index contributed by atoms with van der Waals surface area (Å²) in [7, 11) is -1.98. The summed E-state index contributed by atoms with van der Waals surface area (Å²) in [5.74, 6) is 1.25. The number of aromatic nitrogens is 1. The standard InChI is InChI=1S/C17H20N2O4S/c1-22-15-4-2-6-17(12-15)24(20,21)19-10-7-14(8-11-19)23-16-5-3-9-18-13-16/h2-6,9,12-14H,7-8,10-11H2,1H3. The van der Waals surface area contributed by atoms with Crippen molar-refractivity contribution < 1.29 is 17.9 Å². The van der Waals surface area contributed by atoms with Crippen LogP contribution in [0.1, 0.15) is 12.8 Å². The van der Waals surface area contributed by atoms with Gasteiger partial charge in [-0.05, 0) is 37.1 Å². The highest BCUT2D eigenvalue weighted by atomic mass is 32.2. The van der Waals surface area contributed by atoms with E-state index in [1.807, 2.05) is 12.1 Å². The monoisotopic (exact) mass is 348 g/mol. The van der Waals surface area contributed by atoms with Crippen molar-refractivity contribution in [2.45, 2.75) is 23.8 Å². The molecule has 6 nitrogen and oxygen atoms in total. The second kappa shape index (κ2) is 7.19. The molecule has 2 aromatic rings. The van der Waals surface area contributed by atoms with Crippen molar-refractivity contribution in [3.8, 4) is 11.5 Å². The van der Waals surface area contributed by atoms with Gasteiger partial charge in [-0.3, -0.25) is 4.98 Å². The number of benzene rings is 1. The zero-order valence-corrected chi connectivity index (χ0v) is 14.3. The van der Waals surface area contributed by atoms with Gasteiger partial charge in [0, 0.05) is 25.4 Å². The SMILES string of the molecule is COc1cccc(S(=O)(=O)N2CCC(Oc3cccnc3)CC2)c1. The molecule has 2 heterocycles. The Morgan fingerprint density at radius 2 is 1.88 bits per heavy atom. The van der Waals surface area contributed by atoms with Crippen molar-refractivity contribution in [3.63, 3.8) is 0 Å². The molecular weight excluding hydrogens is 328 g/mol. The highest BCUT2D eigenvalue weighted by Crippen LogP contribution is 2.25. The molecule has 0 spiro atoms. The minimum atomic E-state index is -3.51. The maximum absolute atomic E-state index is 12.7. The van der Waals surface area contributed by atoms with E-state index in [0.29, 0.717) is 37.4 Å². The van der Waals surface area contributed by atoms with Crippen molar-refractivity contribution in [1.82, 2.24) is 9.29 Å². The zero-order valence-electron chi connectivity index (χ0n) is 13.5. The van der Waals surface area contributed by atoms with E-state index in [1.54, 1.807) is 36.7 Å². The van der Waals surface area contributed by atoms with Crippen LogP contribution in [0.4, 0.5) is 0 Å². The number of sulfonamides is 1. The smallest absolute Gasteiger partial charge is 0.243 e. The van der Waals surface area contributed by atoms with Gasteiger partial charge in [-0.1, -0.05) is 6.07 Å². The van der Waals surface area contributed by atoms with E-state index < -0.39 is 10.0 Å². The van der Waals surface area contributed by atoms with Gasteiger partial charge in [0.05, 0.1) is 18.2 Å². The third-order valence-corrected chi connectivity index (χ3v) is 5.91. The first-order chi connectivity index (χ1) is 11.6. The Morgan fingerprint density at radius 3 is 2.54 bits per heavy atom. The molecule has 1 saturated heterocycles. The third-order valence-electron chi connectivity index (χ3n) is 4.02. The lowest BCUT2D eigenvalue weighted by Gasteiger charge is -2.31. The summed E-state index contributed by atoms with van der Waals surface area (Å²) in [6, 6.07) is 10.2. The van der Waals surface area contributed by atoms with Gasteiger partial charge in [0.15, 0.2) is 0 Å². The number of pyridine rings is 1. The van der Waals surface area contributed by atoms with Crippen molar-refractivity contribution in [2.75, 3.05) is 20.2 Å². The Morgan fingerprint density at radius 1 is 1.12 bits per heavy atom. The van der Waals surface area contributed by atoms with Gasteiger partial charge < -0.3 is 9.47 Å². The average Bonchev–Trinajstić information content (AvgIpc) is 2.63. The summed E-state index contributed by atoms with van der Waals surface area (Å²) in [6.07, 6.45) is 4.66. The van der Waals surface area contributed by atoms with Crippen LogP contribution in [-0.4, -0.2) is 44.0 Å². The fourth-order valence-corrected chi connectivity index (χ4v) is 4.22. The Kier molecular flexibility index (Phi) is 5.01. The lowest BCUT2D eigenvalue weighted by atomic mass is 10.1. The summed E-state index contributed by atoms with van der Waals surface area (Å²) in [5.41, 5.74) is 0. The van der Waals surface area contributed by atoms with Crippen LogP contribution in [0.15, 0.2) is 53.7 Å². The molecule has 24 heavy (non-hydrogen) atoms. The van der Waals surface area contributed by atoms with Gasteiger partial charge in [0.25, 0.3) is 0 Å². The second-order valence-corrected chi connectivity index (χ2v) is 7.53. The van der Waals surface area contributed by atoms with Crippen molar-refractivity contribution >= 4 is 10.0 Å². The van der Waals surface area contributed by atoms with E-state index in [0.717, 1.165) is 0 Å². The molecule has 128 valence electrons. The largest absolute Gasteiger partial charge is 0.497 e. The number of hydrogen-bond donors (Lipinski definition) is 0. The molecule has 0 bridgehead atoms. The van der Waals surface area contributed by atoms with E-state index in [-0.39, 0.29) is 11.0 Å². The molecule has 0 aliphatic carbocycles. The van der Waals surface area contributed by atoms with Gasteiger partial charge in [-0.25, -0.2) is 8.42 Å². The Hall–Kier alpha value is -2.12. The predicted octanol–water partition coefficient (Wildman–Crippen LogP) is 2.32. The second-order valence-electron chi connectivity index (χ2n) is 5.59. The molecule has 1 aliphatic heterocycles. The van der Waals surface area contributed by atoms with Crippen LogP contribution in [0.2, 0.25) is 0 Å². The number of nitrogens with zero attached hydrogens (tertiary/aromatic N) is 2. The molecular formula is C17H20N2O4S. The Bertz CT molecular complexity index is 772. The number of piperidine rings is 1. The molecule has 0 atom stereocenters. The van der Waals surface area contributed by atoms with Crippen molar-refractivity contribution in [1.29, 1.82) is 0 Å². The van der Waals surface area contributed by atoms with Crippen molar-refractivity contribution in [2.24, 2.45) is 0 Å². The first kappa shape index (κ1) is 16.7. The quantitative estimate of drug-likeness (QED) is 0.829. The number of ether oxygens (including phenoxy) is 2. The summed E-state index contributed by atoms with van der Waals surface area (Å²) < 4.78 is 38.0. The average molecular weight is 348 g/mol. The Balaban J connectivity index is 1.65. The van der Waals surface area contributed by atoms with Crippen LogP contribution in [0.5, 0.6) is 11.5 Å². The number of hydrogen-bond acceptors (Lipinski definition) is 5. The van der Waals surface area contributed by atoms with Gasteiger partial charge in [0.1, 0.15) is 17.6 Å². The number of methoxy groups -OCH3 is 1. The molecule has 7 heteroatoms. The minimum absolute atomic E-state index is 0.00552. The van der Waals surface area contributed by atoms with Crippen LogP contribution in [-0.2, 0) is 10.0 Å². The molecule has 0 N–H and O–H groups in total. The molecule has 0 radical (unpaired) electrons. The summed E-state index contributed by atoms with van der Waals surface area (Å²) in [5, 5.41) is 0. The highest BCUT2D eigenvalue weighted by molar-refractivity contribution is 7.89. The normalized spacial score (nSPS) is 16.7. The molecule has 0 saturated carbocycles. The summed E-state index contributed by atoms with van der Waals surface area (Å²) in [6.45, 7) is 0.870. The maximum Gasteiger partial charge on any atom is 0.243 e. The minimum Gasteiger partial charge on any atom is -0.497 e. The van der Waals surface area contributed by atoms with Crippen LogP contribution < -0.4 is 9.47 Å². The molecule has 1 fully saturated rings. The van der Waals surface area contributed by atoms with E-state index >= 15 is 0 Å². The molecule has 1 aromatic heterocycles. The predicted molar refractivity (Wildman–Crippen MR) is 89.6 cm³/mol. The van der Waals surface area contributed by atoms with Crippen LogP contribution in [0.25, 0.3) is 0 Å². The van der Waals surface area contributed by atoms with Crippen LogP contribution in [0, 0.1) is 0 Å². The van der Waals surface area contributed by atoms with Crippen molar-refractivity contribution in [3.05, 3.63) is 48.8 Å². The molecule has 0 unspecified atom stereocenters. The van der Waals surface area contributed by atoms with Gasteiger partial charge in [0.2, 0.25) is 10.0 Å². The highest BCUT2D eigenvalue weighted by Gasteiger charge is 2.30. The van der Waals surface area contributed by atoms with E-state index in [2.05, 4.69) is 4.98 Å². The topological polar surface area (TPSA) is 68.7 Å². The lowest BCUT2D eigenvalue weighted by Crippen LogP contribution is -2.41. The molecule has 0 amide bonds. The lowest BCUT2D eigenvalue weighted by molar-refractivity contribution is 0.134. The fraction of sp³-hybridized carbons (Fsp3) is 0.353. The van der Waals surface area contributed by atoms with Gasteiger partial charge in [-0.2, -0.15) is 4.31 Å². The van der Waals surface area contributed by atoms with E-state index in [9.17, 15) is 8.42 Å². The summed E-state index contributed by atoms with van der Waals surface area (Å²) >= 11 is 0. The third kappa shape index (κ3) is 3.68. The number of rotatable bonds is 5.